The number of hydrogen-bond donors (Lipinski definition) is 2. The summed E-state index contributed by atoms with van der Waals surface area (Å²) in [5.41, 5.74) is 0. The summed E-state index contributed by atoms with van der Waals surface area (Å²) in [6, 6.07) is -1.23. The van der Waals surface area contributed by atoms with Crippen LogP contribution in [0.3, 0.4) is 0 Å². The van der Waals surface area contributed by atoms with Crippen molar-refractivity contribution in [3.63, 3.8) is 0 Å². The zero-order chi connectivity index (χ0) is 10.4. The third kappa shape index (κ3) is 8.03. The molecule has 0 bridgehead atoms. The van der Waals surface area contributed by atoms with Gasteiger partial charge in [0.05, 0.1) is 12.0 Å². The van der Waals surface area contributed by atoms with Gasteiger partial charge in [0.1, 0.15) is 0 Å². The number of aliphatic carboxylic acids is 2. The molecule has 0 aliphatic carbocycles. The Morgan fingerprint density at radius 3 is 2.21 bits per heavy atom. The van der Waals surface area contributed by atoms with Gasteiger partial charge in [0, 0.05) is 13.3 Å². The standard InChI is InChI=1S/C7H11NO5.Na/c1-4(9)8-5(7(12)13)2-3-6(10)11;/h5H,2-3H2,1H3,(H,8,9)(H,10,11)(H,12,13);/q;+1/p-1. The monoisotopic (exact) mass is 211 g/mol. The molecule has 6 nitrogen and oxygen atoms in total. The van der Waals surface area contributed by atoms with Gasteiger partial charge in [-0.1, -0.05) is 0 Å². The Hall–Kier alpha value is -0.590. The van der Waals surface area contributed by atoms with Crippen LogP contribution < -0.4 is 40.0 Å². The molecule has 0 rings (SSSR count). The third-order valence-corrected chi connectivity index (χ3v) is 1.31. The molecule has 0 saturated heterocycles. The first-order chi connectivity index (χ1) is 5.93. The van der Waals surface area contributed by atoms with Gasteiger partial charge in [-0.05, 0) is 6.42 Å². The van der Waals surface area contributed by atoms with Crippen molar-refractivity contribution in [3.05, 3.63) is 0 Å². The minimum absolute atomic E-state index is 0. The van der Waals surface area contributed by atoms with Gasteiger partial charge in [-0.15, -0.1) is 0 Å². The van der Waals surface area contributed by atoms with Crippen molar-refractivity contribution in [2.45, 2.75) is 25.8 Å². The van der Waals surface area contributed by atoms with E-state index >= 15 is 0 Å². The van der Waals surface area contributed by atoms with E-state index in [1.165, 1.54) is 0 Å². The van der Waals surface area contributed by atoms with Crippen molar-refractivity contribution >= 4 is 17.8 Å². The molecule has 7 heteroatoms. The smallest absolute Gasteiger partial charge is 0.548 e. The number of carboxylic acids is 2. The van der Waals surface area contributed by atoms with Gasteiger partial charge < -0.3 is 20.3 Å². The van der Waals surface area contributed by atoms with E-state index < -0.39 is 23.9 Å². The van der Waals surface area contributed by atoms with E-state index in [0.717, 1.165) is 6.92 Å². The summed E-state index contributed by atoms with van der Waals surface area (Å²) < 4.78 is 0. The van der Waals surface area contributed by atoms with Crippen LogP contribution in [0.5, 0.6) is 0 Å². The average Bonchev–Trinajstić information content (AvgIpc) is 1.96. The summed E-state index contributed by atoms with van der Waals surface area (Å²) in [5.74, 6) is -3.12. The summed E-state index contributed by atoms with van der Waals surface area (Å²) in [6.07, 6.45) is -0.490. The van der Waals surface area contributed by atoms with Gasteiger partial charge in [-0.25, -0.2) is 0 Å². The molecule has 0 aliphatic rings. The van der Waals surface area contributed by atoms with Crippen molar-refractivity contribution in [2.75, 3.05) is 0 Å². The van der Waals surface area contributed by atoms with E-state index in [1.807, 2.05) is 0 Å². The van der Waals surface area contributed by atoms with E-state index in [9.17, 15) is 19.5 Å². The molecule has 0 aromatic carbocycles. The fourth-order valence-electron chi connectivity index (χ4n) is 0.762. The first kappa shape index (κ1) is 15.9. The second-order valence-electron chi connectivity index (χ2n) is 2.50. The number of carboxylic acid groups (broad SMARTS) is 2. The Morgan fingerprint density at radius 1 is 1.43 bits per heavy atom. The van der Waals surface area contributed by atoms with Crippen LogP contribution in [-0.2, 0) is 14.4 Å². The van der Waals surface area contributed by atoms with Crippen molar-refractivity contribution in [2.24, 2.45) is 0 Å². The number of carbonyl (C=O) groups excluding carboxylic acids is 2. The summed E-state index contributed by atoms with van der Waals surface area (Å²) >= 11 is 0. The maximum atomic E-state index is 10.5. The van der Waals surface area contributed by atoms with E-state index in [4.69, 9.17) is 5.11 Å². The third-order valence-electron chi connectivity index (χ3n) is 1.31. The number of rotatable bonds is 5. The zero-order valence-corrected chi connectivity index (χ0v) is 10.1. The van der Waals surface area contributed by atoms with Gasteiger partial charge in [-0.3, -0.25) is 9.59 Å². The van der Waals surface area contributed by atoms with Gasteiger partial charge >= 0.3 is 35.5 Å². The molecule has 0 aromatic heterocycles. The first-order valence-corrected chi connectivity index (χ1v) is 3.63. The predicted octanol–water partition coefficient (Wildman–Crippen LogP) is -4.89. The van der Waals surface area contributed by atoms with Gasteiger partial charge in [0.15, 0.2) is 0 Å². The molecule has 1 atom stereocenters. The Balaban J connectivity index is 0. The van der Waals surface area contributed by atoms with Crippen LogP contribution in [0, 0.1) is 0 Å². The Kier molecular flexibility index (Phi) is 8.82. The van der Waals surface area contributed by atoms with Crippen LogP contribution in [0.2, 0.25) is 0 Å². The van der Waals surface area contributed by atoms with E-state index in [1.54, 1.807) is 0 Å². The Bertz CT molecular complexity index is 230. The van der Waals surface area contributed by atoms with Crippen molar-refractivity contribution in [3.8, 4) is 0 Å². The molecule has 0 heterocycles. The molecule has 0 radical (unpaired) electrons. The van der Waals surface area contributed by atoms with Crippen molar-refractivity contribution in [1.29, 1.82) is 0 Å². The molecule has 0 aromatic rings. The van der Waals surface area contributed by atoms with Crippen LogP contribution >= 0.6 is 0 Å². The molecule has 0 aliphatic heterocycles. The second-order valence-corrected chi connectivity index (χ2v) is 2.50. The van der Waals surface area contributed by atoms with Crippen LogP contribution in [0.15, 0.2) is 0 Å². The molecule has 1 unspecified atom stereocenters. The van der Waals surface area contributed by atoms with Crippen molar-refractivity contribution < 1.29 is 54.2 Å². The number of hydrogen-bond acceptors (Lipinski definition) is 4. The molecule has 0 spiro atoms. The molecular weight excluding hydrogens is 201 g/mol. The molecular formula is C7H10NNaO5. The molecule has 2 N–H and O–H groups in total. The van der Waals surface area contributed by atoms with Crippen molar-refractivity contribution in [1.82, 2.24) is 5.32 Å². The molecule has 74 valence electrons. The van der Waals surface area contributed by atoms with Gasteiger partial charge in [0.25, 0.3) is 0 Å². The predicted molar refractivity (Wildman–Crippen MR) is 39.5 cm³/mol. The van der Waals surface area contributed by atoms with Crippen LogP contribution in [0.4, 0.5) is 0 Å². The van der Waals surface area contributed by atoms with E-state index in [2.05, 4.69) is 5.32 Å². The van der Waals surface area contributed by atoms with Gasteiger partial charge in [0.2, 0.25) is 5.91 Å². The summed E-state index contributed by atoms with van der Waals surface area (Å²) in [7, 11) is 0. The van der Waals surface area contributed by atoms with Crippen LogP contribution in [0.1, 0.15) is 19.8 Å². The maximum Gasteiger partial charge on any atom is 1.00 e. The molecule has 1 amide bonds. The number of nitrogens with one attached hydrogen (secondary N) is 1. The summed E-state index contributed by atoms with van der Waals surface area (Å²) in [6.45, 7) is 1.15. The van der Waals surface area contributed by atoms with E-state index in [-0.39, 0.29) is 42.4 Å². The first-order valence-electron chi connectivity index (χ1n) is 3.63. The fraction of sp³-hybridized carbons (Fsp3) is 0.571. The van der Waals surface area contributed by atoms with Gasteiger partial charge in [-0.2, -0.15) is 0 Å². The minimum atomic E-state index is -1.48. The molecule has 0 saturated carbocycles. The Morgan fingerprint density at radius 2 is 1.93 bits per heavy atom. The maximum absolute atomic E-state index is 10.5. The second kappa shape index (κ2) is 7.78. The molecule has 14 heavy (non-hydrogen) atoms. The largest absolute Gasteiger partial charge is 1.00 e. The topological polar surface area (TPSA) is 107 Å². The number of carbonyl (C=O) groups is 3. The van der Waals surface area contributed by atoms with E-state index in [0.29, 0.717) is 0 Å². The van der Waals surface area contributed by atoms with Crippen LogP contribution in [-0.4, -0.2) is 29.0 Å². The normalized spacial score (nSPS) is 10.9. The summed E-state index contributed by atoms with van der Waals surface area (Å²) in [5, 5.41) is 20.7. The summed E-state index contributed by atoms with van der Waals surface area (Å²) in [4.78, 5) is 30.9. The Labute approximate surface area is 103 Å². The minimum Gasteiger partial charge on any atom is -0.548 e. The SMILES string of the molecule is CC(=O)NC(CCC(=O)O)C(=O)[O-].[Na+]. The van der Waals surface area contributed by atoms with Crippen LogP contribution in [0.25, 0.3) is 0 Å². The molecule has 0 fully saturated rings. The number of amides is 1. The zero-order valence-electron chi connectivity index (χ0n) is 8.07. The quantitative estimate of drug-likeness (QED) is 0.443. The average molecular weight is 211 g/mol. The fourth-order valence-corrected chi connectivity index (χ4v) is 0.762.